The quantitative estimate of drug-likeness (QED) is 0.889. The van der Waals surface area contributed by atoms with Crippen LogP contribution in [0.4, 0.5) is 5.69 Å². The van der Waals surface area contributed by atoms with Gasteiger partial charge < -0.3 is 11.1 Å². The Labute approximate surface area is 109 Å². The minimum atomic E-state index is -0.154. The highest BCUT2D eigenvalue weighted by molar-refractivity contribution is 7.21. The zero-order valence-electron chi connectivity index (χ0n) is 10.6. The van der Waals surface area contributed by atoms with E-state index >= 15 is 0 Å². The van der Waals surface area contributed by atoms with Gasteiger partial charge in [-0.05, 0) is 12.8 Å². The molecule has 0 spiro atoms. The topological polar surface area (TPSA) is 80.9 Å². The number of thiophene rings is 1. The highest BCUT2D eigenvalue weighted by Gasteiger charge is 2.20. The second kappa shape index (κ2) is 4.89. The van der Waals surface area contributed by atoms with Crippen LogP contribution in [0.1, 0.15) is 30.4 Å². The van der Waals surface area contributed by atoms with Crippen LogP contribution >= 0.6 is 11.3 Å². The summed E-state index contributed by atoms with van der Waals surface area (Å²) in [4.78, 5) is 21.6. The number of carbonyl (C=O) groups excluding carboxylic acids is 1. The van der Waals surface area contributed by atoms with Crippen LogP contribution in [0, 0.1) is 5.92 Å². The molecule has 0 saturated heterocycles. The van der Waals surface area contributed by atoms with Gasteiger partial charge in [0.25, 0.3) is 5.91 Å². The van der Waals surface area contributed by atoms with E-state index in [1.54, 1.807) is 12.4 Å². The van der Waals surface area contributed by atoms with Crippen LogP contribution < -0.4 is 11.1 Å². The molecule has 1 unspecified atom stereocenters. The number of hydrogen-bond acceptors (Lipinski definition) is 5. The SMILES string of the molecule is CC(C)C(C)NC(=O)c1sc2nccnc2c1N. The lowest BCUT2D eigenvalue weighted by atomic mass is 10.1. The zero-order chi connectivity index (χ0) is 13.3. The third-order valence-corrected chi connectivity index (χ3v) is 4.03. The van der Waals surface area contributed by atoms with Crippen LogP contribution in [0.3, 0.4) is 0 Å². The molecular weight excluding hydrogens is 248 g/mol. The first-order valence-corrected chi connectivity index (χ1v) is 6.62. The van der Waals surface area contributed by atoms with Gasteiger partial charge in [0.2, 0.25) is 0 Å². The fourth-order valence-corrected chi connectivity index (χ4v) is 2.38. The Kier molecular flexibility index (Phi) is 3.47. The molecule has 2 heterocycles. The second-order valence-electron chi connectivity index (χ2n) is 4.56. The number of nitrogens with two attached hydrogens (primary N) is 1. The van der Waals surface area contributed by atoms with Gasteiger partial charge in [-0.1, -0.05) is 13.8 Å². The van der Waals surface area contributed by atoms with Crippen LogP contribution in [0.5, 0.6) is 0 Å². The summed E-state index contributed by atoms with van der Waals surface area (Å²) >= 11 is 1.28. The van der Waals surface area contributed by atoms with Crippen LogP contribution in [0.15, 0.2) is 12.4 Å². The minimum Gasteiger partial charge on any atom is -0.396 e. The van der Waals surface area contributed by atoms with Crippen molar-refractivity contribution in [2.45, 2.75) is 26.8 Å². The maximum atomic E-state index is 12.1. The molecule has 1 amide bonds. The molecule has 0 aromatic carbocycles. The van der Waals surface area contributed by atoms with E-state index in [-0.39, 0.29) is 11.9 Å². The van der Waals surface area contributed by atoms with Gasteiger partial charge in [-0.2, -0.15) is 0 Å². The molecule has 0 radical (unpaired) electrons. The van der Waals surface area contributed by atoms with Crippen molar-refractivity contribution < 1.29 is 4.79 Å². The van der Waals surface area contributed by atoms with E-state index in [1.165, 1.54) is 11.3 Å². The molecule has 0 saturated carbocycles. The van der Waals surface area contributed by atoms with E-state index in [2.05, 4.69) is 29.1 Å². The smallest absolute Gasteiger partial charge is 0.263 e. The summed E-state index contributed by atoms with van der Waals surface area (Å²) in [6.07, 6.45) is 3.17. The lowest BCUT2D eigenvalue weighted by Gasteiger charge is -2.16. The van der Waals surface area contributed by atoms with Crippen molar-refractivity contribution in [2.24, 2.45) is 5.92 Å². The summed E-state index contributed by atoms with van der Waals surface area (Å²) in [7, 11) is 0. The molecule has 2 aromatic heterocycles. The molecule has 0 fully saturated rings. The average molecular weight is 264 g/mol. The molecule has 0 aliphatic carbocycles. The largest absolute Gasteiger partial charge is 0.396 e. The third kappa shape index (κ3) is 2.28. The molecule has 0 aliphatic rings. The Morgan fingerprint density at radius 3 is 2.61 bits per heavy atom. The Hall–Kier alpha value is -1.69. The number of fused-ring (bicyclic) bond motifs is 1. The van der Waals surface area contributed by atoms with Crippen molar-refractivity contribution in [3.63, 3.8) is 0 Å². The van der Waals surface area contributed by atoms with Gasteiger partial charge in [-0.3, -0.25) is 4.79 Å². The van der Waals surface area contributed by atoms with Crippen molar-refractivity contribution in [2.75, 3.05) is 5.73 Å². The van der Waals surface area contributed by atoms with Gasteiger partial charge in [0.1, 0.15) is 15.2 Å². The van der Waals surface area contributed by atoms with Crippen molar-refractivity contribution in [3.05, 3.63) is 17.3 Å². The van der Waals surface area contributed by atoms with E-state index in [0.717, 1.165) is 0 Å². The minimum absolute atomic E-state index is 0.100. The summed E-state index contributed by atoms with van der Waals surface area (Å²) < 4.78 is 0. The normalized spacial score (nSPS) is 12.9. The molecule has 0 bridgehead atoms. The molecule has 6 heteroatoms. The number of hydrogen-bond donors (Lipinski definition) is 2. The summed E-state index contributed by atoms with van der Waals surface area (Å²) in [5.41, 5.74) is 6.95. The number of nitrogens with one attached hydrogen (secondary N) is 1. The van der Waals surface area contributed by atoms with E-state index in [9.17, 15) is 4.79 Å². The monoisotopic (exact) mass is 264 g/mol. The molecule has 1 atom stereocenters. The van der Waals surface area contributed by atoms with Gasteiger partial charge in [0.15, 0.2) is 0 Å². The van der Waals surface area contributed by atoms with Crippen LogP contribution in [0.25, 0.3) is 10.3 Å². The summed E-state index contributed by atoms with van der Waals surface area (Å²) in [5, 5.41) is 2.93. The standard InChI is InChI=1S/C12H16N4OS/c1-6(2)7(3)16-11(17)10-8(13)9-12(18-10)15-5-4-14-9/h4-7H,13H2,1-3H3,(H,16,17). The fourth-order valence-electron chi connectivity index (χ4n) is 1.45. The molecule has 0 aliphatic heterocycles. The first-order chi connectivity index (χ1) is 8.50. The van der Waals surface area contributed by atoms with Crippen molar-refractivity contribution in [1.29, 1.82) is 0 Å². The Balaban J connectivity index is 2.31. The molecule has 96 valence electrons. The summed E-state index contributed by atoms with van der Waals surface area (Å²) in [6, 6.07) is 0.100. The predicted molar refractivity (Wildman–Crippen MR) is 73.6 cm³/mol. The average Bonchev–Trinajstić information content (AvgIpc) is 2.67. The maximum absolute atomic E-state index is 12.1. The van der Waals surface area contributed by atoms with E-state index < -0.39 is 0 Å². The summed E-state index contributed by atoms with van der Waals surface area (Å²) in [5.74, 6) is 0.222. The fraction of sp³-hybridized carbons (Fsp3) is 0.417. The number of nitrogen functional groups attached to an aromatic ring is 1. The number of aromatic nitrogens is 2. The molecule has 18 heavy (non-hydrogen) atoms. The summed E-state index contributed by atoms with van der Waals surface area (Å²) in [6.45, 7) is 6.09. The number of rotatable bonds is 3. The number of carbonyl (C=O) groups is 1. The lowest BCUT2D eigenvalue weighted by Crippen LogP contribution is -2.35. The van der Waals surface area contributed by atoms with Gasteiger partial charge in [-0.15, -0.1) is 11.3 Å². The van der Waals surface area contributed by atoms with Gasteiger partial charge in [0, 0.05) is 18.4 Å². The van der Waals surface area contributed by atoms with E-state index in [4.69, 9.17) is 5.73 Å². The number of amides is 1. The molecule has 5 nitrogen and oxygen atoms in total. The van der Waals surface area contributed by atoms with Crippen LogP contribution in [-0.4, -0.2) is 21.9 Å². The zero-order valence-corrected chi connectivity index (χ0v) is 11.4. The first kappa shape index (κ1) is 12.8. The van der Waals surface area contributed by atoms with Crippen molar-refractivity contribution in [1.82, 2.24) is 15.3 Å². The van der Waals surface area contributed by atoms with Crippen LogP contribution in [-0.2, 0) is 0 Å². The van der Waals surface area contributed by atoms with E-state index in [1.807, 2.05) is 6.92 Å². The third-order valence-electron chi connectivity index (χ3n) is 2.93. The highest BCUT2D eigenvalue weighted by atomic mass is 32.1. The number of nitrogens with zero attached hydrogens (tertiary/aromatic N) is 2. The predicted octanol–water partition coefficient (Wildman–Crippen LogP) is 2.05. The van der Waals surface area contributed by atoms with Crippen LogP contribution in [0.2, 0.25) is 0 Å². The van der Waals surface area contributed by atoms with E-state index in [0.29, 0.717) is 26.8 Å². The van der Waals surface area contributed by atoms with Gasteiger partial charge in [-0.25, -0.2) is 9.97 Å². The first-order valence-electron chi connectivity index (χ1n) is 5.80. The Bertz CT molecular complexity index is 578. The number of anilines is 1. The highest BCUT2D eigenvalue weighted by Crippen LogP contribution is 2.30. The van der Waals surface area contributed by atoms with Gasteiger partial charge >= 0.3 is 0 Å². The Morgan fingerprint density at radius 1 is 1.33 bits per heavy atom. The van der Waals surface area contributed by atoms with Gasteiger partial charge in [0.05, 0.1) is 5.69 Å². The second-order valence-corrected chi connectivity index (χ2v) is 5.56. The Morgan fingerprint density at radius 2 is 2.00 bits per heavy atom. The molecular formula is C12H16N4OS. The van der Waals surface area contributed by atoms with Crippen molar-refractivity contribution >= 4 is 33.3 Å². The van der Waals surface area contributed by atoms with Crippen molar-refractivity contribution in [3.8, 4) is 0 Å². The molecule has 3 N–H and O–H groups in total. The molecule has 2 rings (SSSR count). The maximum Gasteiger partial charge on any atom is 0.263 e. The lowest BCUT2D eigenvalue weighted by molar-refractivity contribution is 0.0935. The molecule has 2 aromatic rings.